The Bertz CT molecular complexity index is 692. The van der Waals surface area contributed by atoms with E-state index in [9.17, 15) is 14.0 Å². The van der Waals surface area contributed by atoms with Crippen molar-refractivity contribution < 1.29 is 18.7 Å². The van der Waals surface area contributed by atoms with Gasteiger partial charge in [0.1, 0.15) is 5.82 Å². The molecule has 6 heteroatoms. The van der Waals surface area contributed by atoms with Gasteiger partial charge in [-0.3, -0.25) is 14.5 Å². The van der Waals surface area contributed by atoms with E-state index < -0.39 is 11.8 Å². The summed E-state index contributed by atoms with van der Waals surface area (Å²) in [4.78, 5) is 25.4. The first-order chi connectivity index (χ1) is 11.6. The molecular weight excluding hydrogens is 311 g/mol. The minimum Gasteiger partial charge on any atom is -0.468 e. The number of esters is 1. The summed E-state index contributed by atoms with van der Waals surface area (Å²) in [6, 6.07) is 15.1. The number of carbonyl (C=O) groups excluding carboxylic acids is 2. The van der Waals surface area contributed by atoms with Crippen LogP contribution in [0.3, 0.4) is 0 Å². The zero-order valence-electron chi connectivity index (χ0n) is 13.4. The second-order valence-electron chi connectivity index (χ2n) is 5.27. The van der Waals surface area contributed by atoms with E-state index in [2.05, 4.69) is 10.1 Å². The summed E-state index contributed by atoms with van der Waals surface area (Å²) in [5, 5.41) is 2.62. The molecule has 0 radical (unpaired) electrons. The molecule has 0 aliphatic rings. The predicted octanol–water partition coefficient (Wildman–Crippen LogP) is 2.44. The van der Waals surface area contributed by atoms with Gasteiger partial charge in [-0.25, -0.2) is 4.39 Å². The lowest BCUT2D eigenvalue weighted by molar-refractivity contribution is -0.142. The summed E-state index contributed by atoms with van der Waals surface area (Å²) < 4.78 is 17.8. The molecule has 0 bridgehead atoms. The van der Waals surface area contributed by atoms with E-state index in [1.54, 1.807) is 11.0 Å². The molecule has 0 fully saturated rings. The van der Waals surface area contributed by atoms with Gasteiger partial charge in [0, 0.05) is 12.2 Å². The Morgan fingerprint density at radius 3 is 2.50 bits per heavy atom. The van der Waals surface area contributed by atoms with Crippen LogP contribution in [0.4, 0.5) is 10.1 Å². The number of methoxy groups -OCH3 is 1. The molecule has 0 atom stereocenters. The summed E-state index contributed by atoms with van der Waals surface area (Å²) >= 11 is 0. The highest BCUT2D eigenvalue weighted by molar-refractivity contribution is 5.92. The van der Waals surface area contributed by atoms with Gasteiger partial charge in [-0.05, 0) is 23.8 Å². The van der Waals surface area contributed by atoms with Crippen LogP contribution in [0.25, 0.3) is 0 Å². The zero-order valence-corrected chi connectivity index (χ0v) is 13.4. The number of rotatable bonds is 7. The topological polar surface area (TPSA) is 58.6 Å². The number of nitrogens with one attached hydrogen (secondary N) is 1. The van der Waals surface area contributed by atoms with Crippen molar-refractivity contribution in [2.24, 2.45) is 0 Å². The number of halogens is 1. The van der Waals surface area contributed by atoms with Gasteiger partial charge in [0.2, 0.25) is 5.91 Å². The smallest absolute Gasteiger partial charge is 0.319 e. The van der Waals surface area contributed by atoms with Crippen molar-refractivity contribution in [3.8, 4) is 0 Å². The van der Waals surface area contributed by atoms with Gasteiger partial charge >= 0.3 is 5.97 Å². The van der Waals surface area contributed by atoms with Gasteiger partial charge in [0.05, 0.1) is 20.2 Å². The van der Waals surface area contributed by atoms with E-state index in [1.165, 1.54) is 25.3 Å². The van der Waals surface area contributed by atoms with Crippen LogP contribution < -0.4 is 5.32 Å². The van der Waals surface area contributed by atoms with Crippen molar-refractivity contribution in [2.75, 3.05) is 25.5 Å². The van der Waals surface area contributed by atoms with Gasteiger partial charge in [-0.2, -0.15) is 0 Å². The molecule has 5 nitrogen and oxygen atoms in total. The second-order valence-corrected chi connectivity index (χ2v) is 5.27. The maximum absolute atomic E-state index is 13.2. The highest BCUT2D eigenvalue weighted by Crippen LogP contribution is 2.10. The fourth-order valence-electron chi connectivity index (χ4n) is 2.23. The van der Waals surface area contributed by atoms with Gasteiger partial charge in [-0.1, -0.05) is 36.4 Å². The number of benzene rings is 2. The number of ether oxygens (including phenoxy) is 1. The molecule has 126 valence electrons. The first kappa shape index (κ1) is 17.6. The van der Waals surface area contributed by atoms with Gasteiger partial charge < -0.3 is 10.1 Å². The third-order valence-electron chi connectivity index (χ3n) is 3.30. The highest BCUT2D eigenvalue weighted by atomic mass is 19.1. The molecule has 0 aliphatic carbocycles. The van der Waals surface area contributed by atoms with E-state index >= 15 is 0 Å². The average Bonchev–Trinajstić information content (AvgIpc) is 2.55. The summed E-state index contributed by atoms with van der Waals surface area (Å²) in [7, 11) is 1.30. The van der Waals surface area contributed by atoms with Crippen LogP contribution in [0.2, 0.25) is 0 Å². The Morgan fingerprint density at radius 1 is 1.08 bits per heavy atom. The third kappa shape index (κ3) is 5.81. The second kappa shape index (κ2) is 8.79. The van der Waals surface area contributed by atoms with Crippen LogP contribution in [0, 0.1) is 5.82 Å². The molecule has 2 aromatic carbocycles. The van der Waals surface area contributed by atoms with Crippen molar-refractivity contribution in [2.45, 2.75) is 6.54 Å². The normalized spacial score (nSPS) is 10.5. The van der Waals surface area contributed by atoms with Crippen LogP contribution >= 0.6 is 0 Å². The maximum Gasteiger partial charge on any atom is 0.319 e. The summed E-state index contributed by atoms with van der Waals surface area (Å²) in [5.74, 6) is -1.19. The molecular formula is C18H19FN2O3. The average molecular weight is 330 g/mol. The Hall–Kier alpha value is -2.73. The molecule has 1 amide bonds. The van der Waals surface area contributed by atoms with E-state index in [-0.39, 0.29) is 19.0 Å². The van der Waals surface area contributed by atoms with E-state index in [1.807, 2.05) is 30.3 Å². The van der Waals surface area contributed by atoms with Crippen LogP contribution in [-0.4, -0.2) is 37.0 Å². The van der Waals surface area contributed by atoms with Crippen molar-refractivity contribution in [1.29, 1.82) is 0 Å². The third-order valence-corrected chi connectivity index (χ3v) is 3.30. The first-order valence-electron chi connectivity index (χ1n) is 7.45. The number of nitrogens with zero attached hydrogens (tertiary/aromatic N) is 1. The number of anilines is 1. The predicted molar refractivity (Wildman–Crippen MR) is 88.8 cm³/mol. The van der Waals surface area contributed by atoms with Crippen LogP contribution in [0.1, 0.15) is 5.56 Å². The van der Waals surface area contributed by atoms with E-state index in [4.69, 9.17) is 0 Å². The van der Waals surface area contributed by atoms with Crippen LogP contribution in [-0.2, 0) is 20.9 Å². The minimum absolute atomic E-state index is 0.0119. The molecule has 24 heavy (non-hydrogen) atoms. The molecule has 2 aromatic rings. The van der Waals surface area contributed by atoms with Gasteiger partial charge in [0.15, 0.2) is 0 Å². The number of hydrogen-bond acceptors (Lipinski definition) is 4. The molecule has 0 heterocycles. The van der Waals surface area contributed by atoms with Gasteiger partial charge in [0.25, 0.3) is 0 Å². The van der Waals surface area contributed by atoms with Crippen molar-refractivity contribution in [3.05, 3.63) is 66.0 Å². The Balaban J connectivity index is 2.00. The summed E-state index contributed by atoms with van der Waals surface area (Å²) in [6.45, 7) is 0.398. The highest BCUT2D eigenvalue weighted by Gasteiger charge is 2.15. The monoisotopic (exact) mass is 330 g/mol. The van der Waals surface area contributed by atoms with Crippen molar-refractivity contribution >= 4 is 17.6 Å². The first-order valence-corrected chi connectivity index (χ1v) is 7.45. The molecule has 2 rings (SSSR count). The molecule has 0 spiro atoms. The number of carbonyl (C=O) groups is 2. The summed E-state index contributed by atoms with van der Waals surface area (Å²) in [5.41, 5.74) is 1.35. The fourth-order valence-corrected chi connectivity index (χ4v) is 2.23. The van der Waals surface area contributed by atoms with Crippen molar-refractivity contribution in [1.82, 2.24) is 4.90 Å². The van der Waals surface area contributed by atoms with Crippen LogP contribution in [0.15, 0.2) is 54.6 Å². The molecule has 0 unspecified atom stereocenters. The molecule has 0 aliphatic heterocycles. The standard InChI is InChI=1S/C18H19FN2O3/c1-24-18(23)13-21(11-14-6-3-2-4-7-14)12-17(22)20-16-9-5-8-15(19)10-16/h2-10H,11-13H2,1H3,(H,20,22). The molecule has 0 aromatic heterocycles. The summed E-state index contributed by atoms with van der Waals surface area (Å²) in [6.07, 6.45) is 0. The molecule has 0 saturated heterocycles. The Morgan fingerprint density at radius 2 is 1.83 bits per heavy atom. The molecule has 0 saturated carbocycles. The quantitative estimate of drug-likeness (QED) is 0.792. The Labute approximate surface area is 140 Å². The van der Waals surface area contributed by atoms with Crippen molar-refractivity contribution in [3.63, 3.8) is 0 Å². The van der Waals surface area contributed by atoms with Gasteiger partial charge in [-0.15, -0.1) is 0 Å². The largest absolute Gasteiger partial charge is 0.468 e. The lowest BCUT2D eigenvalue weighted by Gasteiger charge is -2.20. The van der Waals surface area contributed by atoms with E-state index in [0.29, 0.717) is 12.2 Å². The SMILES string of the molecule is COC(=O)CN(CC(=O)Nc1cccc(F)c1)Cc1ccccc1. The van der Waals surface area contributed by atoms with Crippen LogP contribution in [0.5, 0.6) is 0 Å². The zero-order chi connectivity index (χ0) is 17.4. The lowest BCUT2D eigenvalue weighted by atomic mass is 10.2. The minimum atomic E-state index is -0.427. The molecule has 1 N–H and O–H groups in total. The fraction of sp³-hybridized carbons (Fsp3) is 0.222. The number of amides is 1. The Kier molecular flexibility index (Phi) is 6.45. The maximum atomic E-state index is 13.2. The van der Waals surface area contributed by atoms with E-state index in [0.717, 1.165) is 5.56 Å². The lowest BCUT2D eigenvalue weighted by Crippen LogP contribution is -2.37. The number of hydrogen-bond donors (Lipinski definition) is 1.